The van der Waals surface area contributed by atoms with Gasteiger partial charge in [0.2, 0.25) is 0 Å². The zero-order valence-electron chi connectivity index (χ0n) is 63.8. The first-order valence-electron chi connectivity index (χ1n) is 39.4. The molecule has 0 fully saturated rings. The van der Waals surface area contributed by atoms with E-state index in [0.29, 0.717) is 0 Å². The number of para-hydroxylation sites is 9. The predicted octanol–water partition coefficient (Wildman–Crippen LogP) is 33.0. The highest BCUT2D eigenvalue weighted by Crippen LogP contribution is 2.53. The Balaban J connectivity index is 0.000000151. The van der Waals surface area contributed by atoms with Crippen LogP contribution in [0.4, 0.5) is 102 Å². The van der Waals surface area contributed by atoms with E-state index in [0.717, 1.165) is 113 Å². The number of benzene rings is 18. The Morgan fingerprint density at radius 3 is 0.692 bits per heavy atom. The van der Waals surface area contributed by atoms with Gasteiger partial charge in [-0.2, -0.15) is 0 Å². The lowest BCUT2D eigenvalue weighted by Crippen LogP contribution is -2.13. The van der Waals surface area contributed by atoms with Gasteiger partial charge >= 0.3 is 0 Å². The maximum Gasteiger partial charge on any atom is 0.0640 e. The third-order valence-corrected chi connectivity index (χ3v) is 25.2. The third-order valence-electron chi connectivity index (χ3n) is 21.6. The molecular weight excluding hydrogens is 1480 g/mol. The largest absolute Gasteiger partial charge is 0.310 e. The van der Waals surface area contributed by atoms with Gasteiger partial charge in [0.05, 0.1) is 31.2 Å². The van der Waals surface area contributed by atoms with Crippen molar-refractivity contribution in [2.24, 2.45) is 0 Å². The maximum absolute atomic E-state index is 2.49. The highest BCUT2D eigenvalue weighted by Gasteiger charge is 2.26. The van der Waals surface area contributed by atoms with Gasteiger partial charge in [-0.25, -0.2) is 0 Å². The number of anilines is 18. The number of hydrogen-bond acceptors (Lipinski definition) is 9. The molecule has 0 N–H and O–H groups in total. The van der Waals surface area contributed by atoms with Crippen molar-refractivity contribution in [1.82, 2.24) is 0 Å². The van der Waals surface area contributed by atoms with E-state index in [1.54, 1.807) is 0 Å². The summed E-state index contributed by atoms with van der Waals surface area (Å²) in [7, 11) is 0. The van der Waals surface area contributed by atoms with E-state index in [4.69, 9.17) is 0 Å². The van der Waals surface area contributed by atoms with Gasteiger partial charge < -0.3 is 29.4 Å². The lowest BCUT2D eigenvalue weighted by Gasteiger charge is -2.30. The van der Waals surface area contributed by atoms with Gasteiger partial charge in [0, 0.05) is 132 Å². The fourth-order valence-corrected chi connectivity index (χ4v) is 19.9. The van der Waals surface area contributed by atoms with Crippen molar-refractivity contribution in [3.05, 3.63) is 461 Å². The van der Waals surface area contributed by atoms with Crippen molar-refractivity contribution in [2.45, 2.75) is 0 Å². The summed E-state index contributed by atoms with van der Waals surface area (Å²) < 4.78 is 7.56. The monoisotopic (exact) mass is 1550 g/mol. The molecule has 9 heteroatoms. The molecule has 0 saturated carbocycles. The second-order valence-electron chi connectivity index (χ2n) is 28.8. The molecule has 0 aliphatic rings. The van der Waals surface area contributed by atoms with Crippen molar-refractivity contribution >= 4 is 197 Å². The topological polar surface area (TPSA) is 19.4 Å². The standard InChI is InChI=1S/C54H37N3S2.C54H39N3S/c1-5-18-38(19-6-1)55(39-20-7-2-8-21-39)42-26-15-27-43(36-42)57(49-31-16-29-46-45-28-13-14-33-51(45)58-53(46)49)50-32-17-30-47-48-37-44(34-35-52(48)59-54(47)50)56(40-22-9-3-10-23-40)41-24-11-4-12-25-41;1-6-21-42(22-7-1)55(43-23-8-2-9-24-43)47-31-16-19-40(37-47)41-20-17-32-48(38-41)57(46-29-14-5-15-30-46)52-34-18-33-50-51-39-49(35-36-53(51)58-54(50)52)56(44-25-10-3-11-26-44)45-27-12-4-13-28-45/h1-37H;1-39H. The van der Waals surface area contributed by atoms with Crippen molar-refractivity contribution in [3.63, 3.8) is 0 Å². The highest BCUT2D eigenvalue weighted by atomic mass is 32.1. The number of nitrogens with zero attached hydrogens (tertiary/aromatic N) is 6. The van der Waals surface area contributed by atoms with Crippen LogP contribution in [0, 0.1) is 0 Å². The lowest BCUT2D eigenvalue weighted by molar-refractivity contribution is 1.26. The molecule has 0 aliphatic heterocycles. The Kier molecular flexibility index (Phi) is 19.6. The Bertz CT molecular complexity index is 6870. The Hall–Kier alpha value is -14.6. The van der Waals surface area contributed by atoms with Crippen LogP contribution in [0.3, 0.4) is 0 Å². The van der Waals surface area contributed by atoms with Crippen LogP contribution in [0.5, 0.6) is 0 Å². The number of thiophene rings is 3. The molecular formula is C108H76N6S3. The summed E-state index contributed by atoms with van der Waals surface area (Å²) in [6.07, 6.45) is 0. The van der Waals surface area contributed by atoms with Crippen molar-refractivity contribution in [2.75, 3.05) is 29.4 Å². The average molecular weight is 1550 g/mol. The molecule has 3 aromatic heterocycles. The van der Waals surface area contributed by atoms with Crippen LogP contribution in [-0.2, 0) is 0 Å². The lowest BCUT2D eigenvalue weighted by atomic mass is 10.0. The van der Waals surface area contributed by atoms with E-state index in [9.17, 15) is 0 Å². The Labute approximate surface area is 693 Å². The zero-order chi connectivity index (χ0) is 77.8. The van der Waals surface area contributed by atoms with Crippen LogP contribution in [0.25, 0.3) is 71.6 Å². The molecule has 0 atom stereocenters. The summed E-state index contributed by atoms with van der Waals surface area (Å²) >= 11 is 5.59. The fourth-order valence-electron chi connectivity index (χ4n) is 16.3. The van der Waals surface area contributed by atoms with Gasteiger partial charge in [0.25, 0.3) is 0 Å². The van der Waals surface area contributed by atoms with E-state index >= 15 is 0 Å². The molecule has 0 aliphatic carbocycles. The van der Waals surface area contributed by atoms with Crippen molar-refractivity contribution in [1.29, 1.82) is 0 Å². The smallest absolute Gasteiger partial charge is 0.0640 e. The molecule has 0 saturated heterocycles. The molecule has 21 rings (SSSR count). The minimum atomic E-state index is 1.09. The average Bonchev–Trinajstić information content (AvgIpc) is 1.62. The second kappa shape index (κ2) is 32.1. The molecule has 0 spiro atoms. The Morgan fingerprint density at radius 1 is 0.128 bits per heavy atom. The van der Waals surface area contributed by atoms with Crippen LogP contribution in [0.1, 0.15) is 0 Å². The van der Waals surface area contributed by atoms with Gasteiger partial charge in [-0.1, -0.05) is 249 Å². The molecule has 0 amide bonds. The van der Waals surface area contributed by atoms with Gasteiger partial charge in [0.1, 0.15) is 0 Å². The molecule has 21 aromatic rings. The summed E-state index contributed by atoms with van der Waals surface area (Å²) in [5.74, 6) is 0. The number of hydrogen-bond donors (Lipinski definition) is 0. The first kappa shape index (κ1) is 71.5. The van der Waals surface area contributed by atoms with Crippen molar-refractivity contribution in [3.8, 4) is 11.1 Å². The number of fused-ring (bicyclic) bond motifs is 9. The van der Waals surface area contributed by atoms with Crippen LogP contribution < -0.4 is 29.4 Å². The van der Waals surface area contributed by atoms with Gasteiger partial charge in [-0.3, -0.25) is 0 Å². The normalized spacial score (nSPS) is 11.2. The SMILES string of the molecule is c1ccc(N(c2ccccc2)c2cccc(-c3cccc(N(c4ccccc4)c4cccc5c4sc4ccc(N(c6ccccc6)c6ccccc6)cc45)c3)c2)cc1.c1ccc(N(c2ccccc2)c2cccc(N(c3cccc4c3sc3ccccc34)c3cccc4c3sc3ccc(N(c5ccccc5)c5ccccc5)cc34)c2)cc1. The molecule has 556 valence electrons. The molecule has 0 unspecified atom stereocenters. The first-order chi connectivity index (χ1) is 58.1. The van der Waals surface area contributed by atoms with E-state index in [-0.39, 0.29) is 0 Å². The fraction of sp³-hybridized carbons (Fsp3) is 0. The van der Waals surface area contributed by atoms with Crippen LogP contribution >= 0.6 is 34.0 Å². The summed E-state index contributed by atoms with van der Waals surface area (Å²) in [5, 5.41) is 7.54. The highest BCUT2D eigenvalue weighted by molar-refractivity contribution is 7.27. The van der Waals surface area contributed by atoms with Crippen LogP contribution in [0.15, 0.2) is 461 Å². The minimum Gasteiger partial charge on any atom is -0.310 e. The van der Waals surface area contributed by atoms with E-state index in [2.05, 4.69) is 490 Å². The molecule has 18 aromatic carbocycles. The molecule has 6 nitrogen and oxygen atoms in total. The van der Waals surface area contributed by atoms with Crippen LogP contribution in [0.2, 0.25) is 0 Å². The number of rotatable bonds is 19. The second-order valence-corrected chi connectivity index (χ2v) is 31.9. The van der Waals surface area contributed by atoms with E-state index in [1.165, 1.54) is 60.5 Å². The summed E-state index contributed by atoms with van der Waals surface area (Å²) in [6.45, 7) is 0. The molecule has 0 radical (unpaired) electrons. The van der Waals surface area contributed by atoms with Gasteiger partial charge in [0.15, 0.2) is 0 Å². The molecule has 117 heavy (non-hydrogen) atoms. The summed E-state index contributed by atoms with van der Waals surface area (Å²) in [5.41, 5.74) is 22.5. The van der Waals surface area contributed by atoms with Crippen molar-refractivity contribution < 1.29 is 0 Å². The Morgan fingerprint density at radius 2 is 0.350 bits per heavy atom. The quantitative estimate of drug-likeness (QED) is 0.0798. The molecule has 0 bridgehead atoms. The summed E-state index contributed by atoms with van der Waals surface area (Å²) in [6, 6.07) is 165. The van der Waals surface area contributed by atoms with Gasteiger partial charge in [-0.15, -0.1) is 34.0 Å². The van der Waals surface area contributed by atoms with Gasteiger partial charge in [-0.05, 0) is 223 Å². The zero-order valence-corrected chi connectivity index (χ0v) is 66.2. The van der Waals surface area contributed by atoms with Crippen LogP contribution in [-0.4, -0.2) is 0 Å². The minimum absolute atomic E-state index is 1.09. The third kappa shape index (κ3) is 14.1. The summed E-state index contributed by atoms with van der Waals surface area (Å²) in [4.78, 5) is 14.2. The van der Waals surface area contributed by atoms with E-state index in [1.807, 2.05) is 34.0 Å². The van der Waals surface area contributed by atoms with E-state index < -0.39 is 0 Å². The maximum atomic E-state index is 2.49. The first-order valence-corrected chi connectivity index (χ1v) is 41.9. The predicted molar refractivity (Wildman–Crippen MR) is 505 cm³/mol. The molecule has 3 heterocycles.